The van der Waals surface area contributed by atoms with Crippen LogP contribution in [0.3, 0.4) is 0 Å². The van der Waals surface area contributed by atoms with Crippen molar-refractivity contribution in [3.05, 3.63) is 47.8 Å². The molecule has 24 heavy (non-hydrogen) atoms. The molecule has 1 aromatic carbocycles. The smallest absolute Gasteiger partial charge is 0.309 e. The van der Waals surface area contributed by atoms with E-state index in [0.717, 1.165) is 5.56 Å². The van der Waals surface area contributed by atoms with E-state index in [0.29, 0.717) is 0 Å². The molecule has 0 fully saturated rings. The Bertz CT molecular complexity index is 962. The van der Waals surface area contributed by atoms with Gasteiger partial charge in [0.1, 0.15) is 11.4 Å². The lowest BCUT2D eigenvalue weighted by Crippen LogP contribution is -2.00. The van der Waals surface area contributed by atoms with E-state index in [4.69, 9.17) is 5.11 Å². The number of hydrogen-bond acceptors (Lipinski definition) is 6. The lowest BCUT2D eigenvalue weighted by atomic mass is 10.2. The second kappa shape index (κ2) is 5.99. The van der Waals surface area contributed by atoms with Crippen molar-refractivity contribution in [2.75, 3.05) is 0 Å². The van der Waals surface area contributed by atoms with Gasteiger partial charge < -0.3 is 15.3 Å². The largest absolute Gasteiger partial charge is 0.506 e. The van der Waals surface area contributed by atoms with Gasteiger partial charge in [-0.1, -0.05) is 6.07 Å². The molecule has 0 radical (unpaired) electrons. The Hall–Kier alpha value is -3.42. The molecular formula is C16H14N4O4. The Morgan fingerprint density at radius 1 is 1.21 bits per heavy atom. The first-order valence-electron chi connectivity index (χ1n) is 7.08. The van der Waals surface area contributed by atoms with E-state index in [9.17, 15) is 15.0 Å². The molecule has 0 bridgehead atoms. The summed E-state index contributed by atoms with van der Waals surface area (Å²) in [6.45, 7) is 1.85. The van der Waals surface area contributed by atoms with Crippen LogP contribution in [0.4, 0.5) is 11.5 Å². The van der Waals surface area contributed by atoms with E-state index in [1.807, 2.05) is 6.92 Å². The van der Waals surface area contributed by atoms with Gasteiger partial charge in [-0.15, -0.1) is 10.2 Å². The van der Waals surface area contributed by atoms with Gasteiger partial charge in [0, 0.05) is 6.20 Å². The molecule has 0 saturated heterocycles. The first-order valence-corrected chi connectivity index (χ1v) is 7.08. The average molecular weight is 326 g/mol. The highest BCUT2D eigenvalue weighted by Gasteiger charge is 2.17. The van der Waals surface area contributed by atoms with Crippen LogP contribution in [-0.2, 0) is 11.2 Å². The Morgan fingerprint density at radius 3 is 2.75 bits per heavy atom. The molecular weight excluding hydrogens is 312 g/mol. The number of phenolic OH excluding ortho intramolecular Hbond substituents is 1. The normalized spacial score (nSPS) is 11.4. The van der Waals surface area contributed by atoms with Crippen molar-refractivity contribution in [1.29, 1.82) is 0 Å². The number of pyridine rings is 1. The van der Waals surface area contributed by atoms with Crippen LogP contribution in [0.25, 0.3) is 5.65 Å². The SMILES string of the molecule is Cc1ccc(O)c(N=Nc2c(CC(=O)O)nc3c(O)cccn23)c1. The minimum atomic E-state index is -1.08. The first kappa shape index (κ1) is 15.5. The van der Waals surface area contributed by atoms with E-state index < -0.39 is 5.97 Å². The maximum atomic E-state index is 11.0. The number of carbonyl (C=O) groups is 1. The fourth-order valence-corrected chi connectivity index (χ4v) is 2.27. The van der Waals surface area contributed by atoms with Crippen molar-refractivity contribution in [1.82, 2.24) is 9.38 Å². The summed E-state index contributed by atoms with van der Waals surface area (Å²) in [5.41, 5.74) is 1.51. The third-order valence-electron chi connectivity index (χ3n) is 3.38. The summed E-state index contributed by atoms with van der Waals surface area (Å²) in [4.78, 5) is 15.2. The third-order valence-corrected chi connectivity index (χ3v) is 3.38. The van der Waals surface area contributed by atoms with Crippen LogP contribution in [0.1, 0.15) is 11.3 Å². The van der Waals surface area contributed by atoms with Crippen LogP contribution in [0, 0.1) is 6.92 Å². The summed E-state index contributed by atoms with van der Waals surface area (Å²) >= 11 is 0. The van der Waals surface area contributed by atoms with Gasteiger partial charge in [0.25, 0.3) is 0 Å². The Morgan fingerprint density at radius 2 is 2.00 bits per heavy atom. The minimum absolute atomic E-state index is 0.0409. The standard InChI is InChI=1S/C16H14N4O4/c1-9-4-5-12(21)10(7-9)18-19-15-11(8-14(23)24)17-16-13(22)3-2-6-20(15)16/h2-7,21-22H,8H2,1H3,(H,23,24). The fourth-order valence-electron chi connectivity index (χ4n) is 2.27. The van der Waals surface area contributed by atoms with Gasteiger partial charge in [-0.05, 0) is 36.8 Å². The predicted octanol–water partition coefficient (Wildman–Crippen LogP) is 3.10. The molecule has 8 heteroatoms. The van der Waals surface area contributed by atoms with Gasteiger partial charge in [0.15, 0.2) is 17.2 Å². The fraction of sp³-hybridized carbons (Fsp3) is 0.125. The number of carboxylic acids is 1. The summed E-state index contributed by atoms with van der Waals surface area (Å²) in [5, 5.41) is 36.8. The van der Waals surface area contributed by atoms with Gasteiger partial charge in [-0.2, -0.15) is 0 Å². The maximum Gasteiger partial charge on any atom is 0.309 e. The molecule has 0 aliphatic heterocycles. The van der Waals surface area contributed by atoms with Gasteiger partial charge >= 0.3 is 5.97 Å². The summed E-state index contributed by atoms with van der Waals surface area (Å²) in [7, 11) is 0. The zero-order valence-corrected chi connectivity index (χ0v) is 12.7. The van der Waals surface area contributed by atoms with E-state index in [1.54, 1.807) is 24.4 Å². The highest BCUT2D eigenvalue weighted by molar-refractivity contribution is 5.73. The number of benzene rings is 1. The minimum Gasteiger partial charge on any atom is -0.506 e. The number of nitrogens with zero attached hydrogens (tertiary/aromatic N) is 4. The van der Waals surface area contributed by atoms with Crippen LogP contribution in [0.5, 0.6) is 11.5 Å². The van der Waals surface area contributed by atoms with E-state index in [2.05, 4.69) is 15.2 Å². The summed E-state index contributed by atoms with van der Waals surface area (Å²) in [5.74, 6) is -1.03. The second-order valence-corrected chi connectivity index (χ2v) is 5.23. The molecule has 2 aromatic heterocycles. The molecule has 0 saturated carbocycles. The number of aromatic hydroxyl groups is 2. The number of aliphatic carboxylic acids is 1. The number of hydrogen-bond donors (Lipinski definition) is 3. The molecule has 0 atom stereocenters. The molecule has 0 unspecified atom stereocenters. The maximum absolute atomic E-state index is 11.0. The van der Waals surface area contributed by atoms with Crippen molar-refractivity contribution in [3.63, 3.8) is 0 Å². The molecule has 3 N–H and O–H groups in total. The molecule has 0 amide bonds. The van der Waals surface area contributed by atoms with Crippen LogP contribution >= 0.6 is 0 Å². The monoisotopic (exact) mass is 326 g/mol. The number of carboxylic acid groups (broad SMARTS) is 1. The average Bonchev–Trinajstić information content (AvgIpc) is 2.86. The van der Waals surface area contributed by atoms with Crippen molar-refractivity contribution in [3.8, 4) is 11.5 Å². The third kappa shape index (κ3) is 2.89. The highest BCUT2D eigenvalue weighted by Crippen LogP contribution is 2.31. The zero-order chi connectivity index (χ0) is 17.3. The van der Waals surface area contributed by atoms with E-state index in [-0.39, 0.29) is 40.8 Å². The van der Waals surface area contributed by atoms with Gasteiger partial charge in [0.05, 0.1) is 12.1 Å². The van der Waals surface area contributed by atoms with Gasteiger partial charge in [-0.3, -0.25) is 9.20 Å². The Balaban J connectivity index is 2.13. The summed E-state index contributed by atoms with van der Waals surface area (Å²) in [6.07, 6.45) is 1.23. The number of imidazole rings is 1. The quantitative estimate of drug-likeness (QED) is 0.636. The highest BCUT2D eigenvalue weighted by atomic mass is 16.4. The van der Waals surface area contributed by atoms with Crippen molar-refractivity contribution < 1.29 is 20.1 Å². The van der Waals surface area contributed by atoms with Crippen LogP contribution in [0.2, 0.25) is 0 Å². The summed E-state index contributed by atoms with van der Waals surface area (Å²) < 4.78 is 1.45. The molecule has 2 heterocycles. The number of rotatable bonds is 4. The molecule has 0 spiro atoms. The number of fused-ring (bicyclic) bond motifs is 1. The molecule has 0 aliphatic rings. The van der Waals surface area contributed by atoms with Crippen LogP contribution in [0.15, 0.2) is 46.8 Å². The van der Waals surface area contributed by atoms with Crippen LogP contribution < -0.4 is 0 Å². The molecule has 3 aromatic rings. The van der Waals surface area contributed by atoms with E-state index >= 15 is 0 Å². The molecule has 122 valence electrons. The zero-order valence-electron chi connectivity index (χ0n) is 12.7. The second-order valence-electron chi connectivity index (χ2n) is 5.23. The number of aryl methyl sites for hydroxylation is 1. The van der Waals surface area contributed by atoms with E-state index in [1.165, 1.54) is 16.5 Å². The van der Waals surface area contributed by atoms with Crippen molar-refractivity contribution >= 4 is 23.1 Å². The van der Waals surface area contributed by atoms with Gasteiger partial charge in [-0.25, -0.2) is 4.98 Å². The lowest BCUT2D eigenvalue weighted by molar-refractivity contribution is -0.136. The Kier molecular flexibility index (Phi) is 3.87. The first-order chi connectivity index (χ1) is 11.5. The molecule has 0 aliphatic carbocycles. The summed E-state index contributed by atoms with van der Waals surface area (Å²) in [6, 6.07) is 7.91. The van der Waals surface area contributed by atoms with Crippen molar-refractivity contribution in [2.24, 2.45) is 10.2 Å². The number of phenols is 1. The van der Waals surface area contributed by atoms with Gasteiger partial charge in [0.2, 0.25) is 0 Å². The Labute approximate surface area is 136 Å². The number of azo groups is 1. The van der Waals surface area contributed by atoms with Crippen LogP contribution in [-0.4, -0.2) is 30.7 Å². The topological polar surface area (TPSA) is 120 Å². The lowest BCUT2D eigenvalue weighted by Gasteiger charge is -2.00. The molecule has 3 rings (SSSR count). The van der Waals surface area contributed by atoms with Crippen molar-refractivity contribution in [2.45, 2.75) is 13.3 Å². The predicted molar refractivity (Wildman–Crippen MR) is 85.2 cm³/mol. The molecule has 8 nitrogen and oxygen atoms in total. The number of aromatic nitrogens is 2.